The van der Waals surface area contributed by atoms with Crippen LogP contribution < -0.4 is 16.2 Å². The highest BCUT2D eigenvalue weighted by molar-refractivity contribution is 5.78. The average Bonchev–Trinajstić information content (AvgIpc) is 3.14. The van der Waals surface area contributed by atoms with E-state index in [4.69, 9.17) is 4.98 Å². The van der Waals surface area contributed by atoms with Gasteiger partial charge in [0.15, 0.2) is 5.65 Å². The summed E-state index contributed by atoms with van der Waals surface area (Å²) in [5, 5.41) is 17.0. The van der Waals surface area contributed by atoms with Crippen molar-refractivity contribution in [3.05, 3.63) is 69.4 Å². The Morgan fingerprint density at radius 2 is 1.94 bits per heavy atom. The number of aromatic nitrogens is 5. The fourth-order valence-electron chi connectivity index (χ4n) is 4.56. The fourth-order valence-corrected chi connectivity index (χ4v) is 4.56. The molecule has 1 aromatic carbocycles. The van der Waals surface area contributed by atoms with Gasteiger partial charge in [-0.3, -0.25) is 9.78 Å². The van der Waals surface area contributed by atoms with Gasteiger partial charge >= 0.3 is 0 Å². The maximum Gasteiger partial charge on any atom is 0.278 e. The third-order valence-electron chi connectivity index (χ3n) is 6.46. The number of nitrogens with one attached hydrogen (secondary N) is 2. The minimum atomic E-state index is -0.238. The van der Waals surface area contributed by atoms with Gasteiger partial charge in [-0.25, -0.2) is 14.3 Å². The van der Waals surface area contributed by atoms with Crippen LogP contribution in [-0.4, -0.2) is 30.9 Å². The van der Waals surface area contributed by atoms with Crippen LogP contribution in [0.4, 0.5) is 11.6 Å². The molecule has 4 heterocycles. The molecule has 0 amide bonds. The molecule has 36 heavy (non-hydrogen) atoms. The Morgan fingerprint density at radius 1 is 1.14 bits per heavy atom. The number of hydrogen-bond acceptors (Lipinski definition) is 7. The van der Waals surface area contributed by atoms with Gasteiger partial charge in [0, 0.05) is 41.8 Å². The first-order valence-electron chi connectivity index (χ1n) is 12.2. The Morgan fingerprint density at radius 3 is 2.67 bits per heavy atom. The van der Waals surface area contributed by atoms with E-state index >= 15 is 0 Å². The Hall–Kier alpha value is -4.03. The van der Waals surface area contributed by atoms with E-state index in [1.165, 1.54) is 11.1 Å². The standard InChI is InChI=1S/C27H30N8O/c1-16(2)34-25(36)21-15-31-26(32-20-7-6-18-13-29-9-8-17(18)10-20)33-24(21)35(34)22-11-23(27(3,4)5)30-14-19(22)12-28/h6-7,10-11,14-16,29H,8-9,13H2,1-5H3,(H,31,32,33). The highest BCUT2D eigenvalue weighted by Crippen LogP contribution is 2.28. The van der Waals surface area contributed by atoms with E-state index < -0.39 is 0 Å². The molecule has 0 aliphatic carbocycles. The molecule has 0 bridgehead atoms. The summed E-state index contributed by atoms with van der Waals surface area (Å²) in [4.78, 5) is 27.1. The van der Waals surface area contributed by atoms with Crippen LogP contribution in [0.5, 0.6) is 0 Å². The van der Waals surface area contributed by atoms with Crippen molar-refractivity contribution in [3.63, 3.8) is 0 Å². The summed E-state index contributed by atoms with van der Waals surface area (Å²) < 4.78 is 3.36. The summed E-state index contributed by atoms with van der Waals surface area (Å²) in [6.45, 7) is 11.9. The van der Waals surface area contributed by atoms with E-state index in [1.54, 1.807) is 21.8 Å². The van der Waals surface area contributed by atoms with Gasteiger partial charge in [-0.2, -0.15) is 10.2 Å². The van der Waals surface area contributed by atoms with Gasteiger partial charge in [-0.05, 0) is 56.1 Å². The van der Waals surface area contributed by atoms with Crippen LogP contribution in [0, 0.1) is 11.3 Å². The summed E-state index contributed by atoms with van der Waals surface area (Å²) in [5.74, 6) is 0.384. The largest absolute Gasteiger partial charge is 0.324 e. The molecular weight excluding hydrogens is 452 g/mol. The van der Waals surface area contributed by atoms with Crippen molar-refractivity contribution in [2.75, 3.05) is 11.9 Å². The number of anilines is 2. The Kier molecular flexibility index (Phi) is 5.85. The van der Waals surface area contributed by atoms with Crippen molar-refractivity contribution < 1.29 is 0 Å². The van der Waals surface area contributed by atoms with Crippen molar-refractivity contribution in [3.8, 4) is 11.8 Å². The van der Waals surface area contributed by atoms with Crippen molar-refractivity contribution in [2.45, 2.75) is 59.0 Å². The first kappa shape index (κ1) is 23.7. The lowest BCUT2D eigenvalue weighted by Crippen LogP contribution is -2.25. The van der Waals surface area contributed by atoms with Gasteiger partial charge in [0.25, 0.3) is 5.56 Å². The Bertz CT molecular complexity index is 1570. The van der Waals surface area contributed by atoms with Gasteiger partial charge < -0.3 is 10.6 Å². The second-order valence-corrected chi connectivity index (χ2v) is 10.5. The number of rotatable bonds is 4. The zero-order chi connectivity index (χ0) is 25.6. The zero-order valence-corrected chi connectivity index (χ0v) is 21.3. The lowest BCUT2D eigenvalue weighted by molar-refractivity contribution is 0.474. The molecule has 2 N–H and O–H groups in total. The topological polar surface area (TPSA) is 113 Å². The lowest BCUT2D eigenvalue weighted by atomic mass is 9.91. The van der Waals surface area contributed by atoms with Crippen molar-refractivity contribution in [1.29, 1.82) is 5.26 Å². The molecular formula is C27H30N8O. The van der Waals surface area contributed by atoms with E-state index in [9.17, 15) is 10.1 Å². The maximum atomic E-state index is 13.4. The van der Waals surface area contributed by atoms with Crippen LogP contribution >= 0.6 is 0 Å². The summed E-state index contributed by atoms with van der Waals surface area (Å²) in [6, 6.07) is 10.2. The summed E-state index contributed by atoms with van der Waals surface area (Å²) >= 11 is 0. The first-order valence-corrected chi connectivity index (χ1v) is 12.2. The molecule has 0 unspecified atom stereocenters. The molecule has 0 saturated heterocycles. The summed E-state index contributed by atoms with van der Waals surface area (Å²) in [6.07, 6.45) is 4.10. The SMILES string of the molecule is CC(C)n1c(=O)c2cnc(Nc3ccc4c(c3)CCNC4)nc2n1-c1cc(C(C)(C)C)ncc1C#N. The molecule has 1 aliphatic heterocycles. The van der Waals surface area contributed by atoms with Crippen molar-refractivity contribution in [2.24, 2.45) is 0 Å². The highest BCUT2D eigenvalue weighted by atomic mass is 16.1. The quantitative estimate of drug-likeness (QED) is 0.450. The Balaban J connectivity index is 1.69. The number of fused-ring (bicyclic) bond motifs is 2. The molecule has 9 nitrogen and oxygen atoms in total. The fraction of sp³-hybridized carbons (Fsp3) is 0.370. The minimum absolute atomic E-state index is 0.171. The molecule has 9 heteroatoms. The third kappa shape index (κ3) is 4.14. The van der Waals surface area contributed by atoms with Crippen LogP contribution in [0.2, 0.25) is 0 Å². The summed E-state index contributed by atoms with van der Waals surface area (Å²) in [5.41, 5.74) is 5.24. The van der Waals surface area contributed by atoms with E-state index in [-0.39, 0.29) is 17.0 Å². The normalized spacial score (nSPS) is 13.6. The monoisotopic (exact) mass is 482 g/mol. The van der Waals surface area contributed by atoms with E-state index in [1.807, 2.05) is 26.0 Å². The molecule has 3 aromatic heterocycles. The lowest BCUT2D eigenvalue weighted by Gasteiger charge is -2.21. The van der Waals surface area contributed by atoms with E-state index in [0.29, 0.717) is 28.2 Å². The highest BCUT2D eigenvalue weighted by Gasteiger charge is 2.24. The second kappa shape index (κ2) is 8.88. The third-order valence-corrected chi connectivity index (χ3v) is 6.46. The van der Waals surface area contributed by atoms with E-state index in [2.05, 4.69) is 59.6 Å². The Labute approximate surface area is 209 Å². The van der Waals surface area contributed by atoms with Gasteiger partial charge in [-0.1, -0.05) is 26.8 Å². The van der Waals surface area contributed by atoms with Gasteiger partial charge in [0.1, 0.15) is 11.5 Å². The molecule has 0 atom stereocenters. The molecule has 0 spiro atoms. The summed E-state index contributed by atoms with van der Waals surface area (Å²) in [7, 11) is 0. The maximum absolute atomic E-state index is 13.4. The molecule has 0 saturated carbocycles. The first-order chi connectivity index (χ1) is 17.2. The van der Waals surface area contributed by atoms with Gasteiger partial charge in [0.2, 0.25) is 5.95 Å². The number of hydrogen-bond donors (Lipinski definition) is 2. The molecule has 5 rings (SSSR count). The average molecular weight is 483 g/mol. The predicted molar refractivity (Wildman–Crippen MR) is 140 cm³/mol. The number of benzene rings is 1. The zero-order valence-electron chi connectivity index (χ0n) is 21.3. The minimum Gasteiger partial charge on any atom is -0.324 e. The molecule has 0 fully saturated rings. The number of nitriles is 1. The van der Waals surface area contributed by atoms with Crippen LogP contribution in [0.25, 0.3) is 16.7 Å². The molecule has 0 radical (unpaired) electrons. The van der Waals surface area contributed by atoms with Crippen LogP contribution in [0.15, 0.2) is 41.5 Å². The van der Waals surface area contributed by atoms with Crippen LogP contribution in [0.1, 0.15) is 63.0 Å². The molecule has 1 aliphatic rings. The predicted octanol–water partition coefficient (Wildman–Crippen LogP) is 4.12. The number of nitrogens with zero attached hydrogens (tertiary/aromatic N) is 6. The second-order valence-electron chi connectivity index (χ2n) is 10.5. The van der Waals surface area contributed by atoms with Crippen LogP contribution in [0.3, 0.4) is 0 Å². The molecule has 4 aromatic rings. The van der Waals surface area contributed by atoms with E-state index in [0.717, 1.165) is 30.9 Å². The van der Waals surface area contributed by atoms with Crippen molar-refractivity contribution >= 4 is 22.7 Å². The van der Waals surface area contributed by atoms with Gasteiger partial charge in [0.05, 0.1) is 11.3 Å². The molecule has 184 valence electrons. The smallest absolute Gasteiger partial charge is 0.278 e. The number of pyridine rings is 1. The van der Waals surface area contributed by atoms with Crippen molar-refractivity contribution in [1.82, 2.24) is 29.6 Å². The van der Waals surface area contributed by atoms with Crippen LogP contribution in [-0.2, 0) is 18.4 Å². The van der Waals surface area contributed by atoms with Gasteiger partial charge in [-0.15, -0.1) is 0 Å².